The van der Waals surface area contributed by atoms with E-state index < -0.39 is 42.1 Å². The lowest BCUT2D eigenvalue weighted by atomic mass is 10.0. The Bertz CT molecular complexity index is 1820. The van der Waals surface area contributed by atoms with Crippen molar-refractivity contribution in [2.24, 2.45) is 0 Å². The maximum absolute atomic E-state index is 13.5. The SMILES string of the molecule is O=C(COC(=O)C(Cc1ccccc1)N1C(=O)c2c(Cl)c(Cl)c(Cl)c(Cl)c2C1=O)Nc1ccc(Cl)cc1C(=O)c1ccccc1. The third kappa shape index (κ3) is 6.57. The van der Waals surface area contributed by atoms with E-state index in [2.05, 4.69) is 5.32 Å². The molecule has 4 aromatic rings. The minimum atomic E-state index is -1.52. The Labute approximate surface area is 281 Å². The van der Waals surface area contributed by atoms with E-state index in [1.807, 2.05) is 0 Å². The molecule has 3 amide bonds. The quantitative estimate of drug-likeness (QED) is 0.0633. The van der Waals surface area contributed by atoms with Crippen molar-refractivity contribution in [1.82, 2.24) is 4.90 Å². The average Bonchev–Trinajstić information content (AvgIpc) is 3.31. The molecule has 13 heteroatoms. The van der Waals surface area contributed by atoms with Gasteiger partial charge in [0.1, 0.15) is 6.04 Å². The summed E-state index contributed by atoms with van der Waals surface area (Å²) < 4.78 is 5.31. The number of imide groups is 1. The predicted molar refractivity (Wildman–Crippen MR) is 172 cm³/mol. The van der Waals surface area contributed by atoms with Crippen molar-refractivity contribution in [1.29, 1.82) is 0 Å². The van der Waals surface area contributed by atoms with Gasteiger partial charge < -0.3 is 10.1 Å². The Morgan fingerprint density at radius 1 is 0.733 bits per heavy atom. The molecule has 8 nitrogen and oxygen atoms in total. The third-order valence-corrected chi connectivity index (χ3v) is 8.91. The van der Waals surface area contributed by atoms with Crippen LogP contribution >= 0.6 is 58.0 Å². The fourth-order valence-corrected chi connectivity index (χ4v) is 5.93. The van der Waals surface area contributed by atoms with Crippen LogP contribution in [0.5, 0.6) is 0 Å². The summed E-state index contributed by atoms with van der Waals surface area (Å²) in [6.45, 7) is -0.811. The van der Waals surface area contributed by atoms with Crippen LogP contribution in [0, 0.1) is 0 Å². The highest BCUT2D eigenvalue weighted by atomic mass is 35.5. The summed E-state index contributed by atoms with van der Waals surface area (Å²) in [5.74, 6) is -4.12. The highest BCUT2D eigenvalue weighted by Gasteiger charge is 2.47. The molecule has 0 saturated carbocycles. The highest BCUT2D eigenvalue weighted by molar-refractivity contribution is 6.55. The molecule has 4 aromatic carbocycles. The van der Waals surface area contributed by atoms with E-state index in [1.165, 1.54) is 18.2 Å². The summed E-state index contributed by atoms with van der Waals surface area (Å²) in [5, 5.41) is 1.78. The summed E-state index contributed by atoms with van der Waals surface area (Å²) in [7, 11) is 0. The number of nitrogens with one attached hydrogen (secondary N) is 1. The molecule has 0 aliphatic carbocycles. The van der Waals surface area contributed by atoms with Crippen LogP contribution in [0.15, 0.2) is 78.9 Å². The van der Waals surface area contributed by atoms with Gasteiger partial charge >= 0.3 is 5.97 Å². The Balaban J connectivity index is 1.38. The molecule has 0 bridgehead atoms. The van der Waals surface area contributed by atoms with Gasteiger partial charge in [-0.15, -0.1) is 0 Å². The largest absolute Gasteiger partial charge is 0.454 e. The van der Waals surface area contributed by atoms with E-state index in [9.17, 15) is 24.0 Å². The van der Waals surface area contributed by atoms with Gasteiger partial charge in [0.2, 0.25) is 0 Å². The minimum Gasteiger partial charge on any atom is -0.454 e. The second kappa shape index (κ2) is 13.6. The number of esters is 1. The molecule has 5 rings (SSSR count). The number of fused-ring (bicyclic) bond motifs is 1. The topological polar surface area (TPSA) is 110 Å². The number of rotatable bonds is 9. The first-order valence-electron chi connectivity index (χ1n) is 13.1. The van der Waals surface area contributed by atoms with Gasteiger partial charge in [-0.3, -0.25) is 24.1 Å². The van der Waals surface area contributed by atoms with Crippen molar-refractivity contribution in [2.45, 2.75) is 12.5 Å². The molecule has 1 unspecified atom stereocenters. The van der Waals surface area contributed by atoms with Crippen molar-refractivity contribution in [2.75, 3.05) is 11.9 Å². The zero-order valence-corrected chi connectivity index (χ0v) is 26.6. The molecule has 0 saturated heterocycles. The summed E-state index contributed by atoms with van der Waals surface area (Å²) in [6.07, 6.45) is -0.156. The van der Waals surface area contributed by atoms with E-state index >= 15 is 0 Å². The zero-order chi connectivity index (χ0) is 32.4. The molecule has 1 aliphatic heterocycles. The van der Waals surface area contributed by atoms with E-state index in [0.717, 1.165) is 0 Å². The molecule has 1 aliphatic rings. The Kier molecular flexibility index (Phi) is 9.82. The van der Waals surface area contributed by atoms with Crippen molar-refractivity contribution in [3.8, 4) is 0 Å². The Hall–Kier alpha value is -3.92. The normalized spacial score (nSPS) is 13.0. The highest BCUT2D eigenvalue weighted by Crippen LogP contribution is 2.45. The Morgan fingerprint density at radius 2 is 1.29 bits per heavy atom. The molecular weight excluding hydrogens is 686 g/mol. The summed E-state index contributed by atoms with van der Waals surface area (Å²) in [5.41, 5.74) is 0.597. The van der Waals surface area contributed by atoms with Gasteiger partial charge in [-0.25, -0.2) is 4.79 Å². The summed E-state index contributed by atoms with van der Waals surface area (Å²) >= 11 is 30.9. The molecule has 45 heavy (non-hydrogen) atoms. The van der Waals surface area contributed by atoms with Gasteiger partial charge in [0.25, 0.3) is 17.7 Å². The third-order valence-electron chi connectivity index (χ3n) is 6.87. The number of nitrogens with zero attached hydrogens (tertiary/aromatic N) is 1. The van der Waals surface area contributed by atoms with Gasteiger partial charge in [-0.1, -0.05) is 119 Å². The molecule has 0 fully saturated rings. The first-order valence-corrected chi connectivity index (χ1v) is 15.0. The lowest BCUT2D eigenvalue weighted by Crippen LogP contribution is -2.47. The van der Waals surface area contributed by atoms with Crippen LogP contribution in [0.1, 0.15) is 42.2 Å². The van der Waals surface area contributed by atoms with E-state index in [1.54, 1.807) is 60.7 Å². The van der Waals surface area contributed by atoms with Crippen molar-refractivity contribution in [3.05, 3.63) is 132 Å². The van der Waals surface area contributed by atoms with Crippen LogP contribution in [0.4, 0.5) is 5.69 Å². The molecule has 1 atom stereocenters. The number of carbonyl (C=O) groups is 5. The number of ketones is 1. The number of halogens is 5. The van der Waals surface area contributed by atoms with E-state index in [4.69, 9.17) is 62.7 Å². The standard InChI is InChI=1S/C32H19Cl5N2O6/c33-18-11-12-20(19(14-18)29(41)17-9-5-2-6-10-17)38-22(40)15-45-32(44)21(13-16-7-3-1-4-8-16)39-30(42)23-24(31(39)43)26(35)28(37)27(36)25(23)34/h1-12,14,21H,13,15H2,(H,38,40). The monoisotopic (exact) mass is 702 g/mol. The number of amides is 3. The molecule has 0 aromatic heterocycles. The fourth-order valence-electron chi connectivity index (χ4n) is 4.74. The van der Waals surface area contributed by atoms with Crippen molar-refractivity contribution >= 4 is 93.2 Å². The molecule has 0 spiro atoms. The van der Waals surface area contributed by atoms with E-state index in [-0.39, 0.29) is 53.9 Å². The lowest BCUT2D eigenvalue weighted by Gasteiger charge is -2.24. The van der Waals surface area contributed by atoms with Crippen molar-refractivity contribution < 1.29 is 28.7 Å². The van der Waals surface area contributed by atoms with Crippen molar-refractivity contribution in [3.63, 3.8) is 0 Å². The maximum atomic E-state index is 13.5. The molecular formula is C32H19Cl5N2O6. The number of benzene rings is 4. The van der Waals surface area contributed by atoms with Gasteiger partial charge in [-0.2, -0.15) is 0 Å². The number of hydrogen-bond donors (Lipinski definition) is 1. The number of hydrogen-bond acceptors (Lipinski definition) is 6. The second-order valence-corrected chi connectivity index (χ2v) is 11.7. The maximum Gasteiger partial charge on any atom is 0.330 e. The van der Waals surface area contributed by atoms with Crippen LogP contribution < -0.4 is 5.32 Å². The zero-order valence-electron chi connectivity index (χ0n) is 22.8. The average molecular weight is 705 g/mol. The van der Waals surface area contributed by atoms with Gasteiger partial charge in [0.05, 0.1) is 36.9 Å². The smallest absolute Gasteiger partial charge is 0.330 e. The molecule has 1 heterocycles. The minimum absolute atomic E-state index is 0.118. The van der Waals surface area contributed by atoms with Gasteiger partial charge in [0.15, 0.2) is 12.4 Å². The molecule has 1 N–H and O–H groups in total. The van der Waals surface area contributed by atoms with Gasteiger partial charge in [0, 0.05) is 22.6 Å². The second-order valence-electron chi connectivity index (χ2n) is 9.73. The summed E-state index contributed by atoms with van der Waals surface area (Å²) in [6, 6.07) is 19.7. The summed E-state index contributed by atoms with van der Waals surface area (Å²) in [4.78, 5) is 67.3. The van der Waals surface area contributed by atoms with Gasteiger partial charge in [-0.05, 0) is 23.8 Å². The fraction of sp³-hybridized carbons (Fsp3) is 0.0938. The first kappa shape index (κ1) is 32.5. The number of anilines is 1. The Morgan fingerprint density at radius 3 is 1.87 bits per heavy atom. The number of ether oxygens (including phenoxy) is 1. The first-order chi connectivity index (χ1) is 21.5. The van der Waals surface area contributed by atoms with Crippen LogP contribution in [0.3, 0.4) is 0 Å². The van der Waals surface area contributed by atoms with Crippen LogP contribution in [0.25, 0.3) is 0 Å². The molecule has 0 radical (unpaired) electrons. The van der Waals surface area contributed by atoms with Crippen LogP contribution in [0.2, 0.25) is 25.1 Å². The van der Waals surface area contributed by atoms with E-state index in [0.29, 0.717) is 16.0 Å². The molecule has 228 valence electrons. The predicted octanol–water partition coefficient (Wildman–Crippen LogP) is 7.57. The number of carbonyl (C=O) groups excluding carboxylic acids is 5. The van der Waals surface area contributed by atoms with Crippen LogP contribution in [-0.2, 0) is 20.7 Å². The lowest BCUT2D eigenvalue weighted by molar-refractivity contribution is -0.151. The van der Waals surface area contributed by atoms with Crippen LogP contribution in [-0.4, -0.2) is 47.0 Å².